The molecule has 17 heavy (non-hydrogen) atoms. The van der Waals surface area contributed by atoms with Gasteiger partial charge in [0.05, 0.1) is 11.5 Å². The average Bonchev–Trinajstić information content (AvgIpc) is 2.29. The van der Waals surface area contributed by atoms with Crippen LogP contribution in [-0.4, -0.2) is 29.2 Å². The van der Waals surface area contributed by atoms with Gasteiger partial charge in [-0.2, -0.15) is 0 Å². The van der Waals surface area contributed by atoms with Crippen LogP contribution in [0.4, 0.5) is 17.1 Å². The summed E-state index contributed by atoms with van der Waals surface area (Å²) in [7, 11) is 0. The Kier molecular flexibility index (Phi) is 4.71. The fourth-order valence-electron chi connectivity index (χ4n) is 1.44. The Morgan fingerprint density at radius 1 is 1.41 bits per heavy atom. The molecule has 0 aliphatic heterocycles. The first kappa shape index (κ1) is 13.2. The number of benzene rings is 1. The van der Waals surface area contributed by atoms with Crippen LogP contribution in [0.3, 0.4) is 0 Å². The van der Waals surface area contributed by atoms with E-state index >= 15 is 0 Å². The molecule has 3 N–H and O–H groups in total. The van der Waals surface area contributed by atoms with Crippen LogP contribution in [0.1, 0.15) is 13.8 Å². The summed E-state index contributed by atoms with van der Waals surface area (Å²) in [5.74, 6) is 0. The molecule has 1 rings (SSSR count). The predicted molar refractivity (Wildman–Crippen MR) is 67.4 cm³/mol. The number of hydrogen-bond acceptors (Lipinski definition) is 5. The number of nitro benzene ring substituents is 1. The standard InChI is InChI=1S/C11H17N3O3/c1-3-12-9-4-10(13-8(2)7-15)6-11(5-9)14(16)17/h4-6,8,12-13,15H,3,7H2,1-2H3. The highest BCUT2D eigenvalue weighted by Crippen LogP contribution is 2.24. The Hall–Kier alpha value is -1.82. The summed E-state index contributed by atoms with van der Waals surface area (Å²) in [5, 5.41) is 25.7. The number of nitrogens with one attached hydrogen (secondary N) is 2. The van der Waals surface area contributed by atoms with Crippen molar-refractivity contribution in [2.24, 2.45) is 0 Å². The highest BCUT2D eigenvalue weighted by molar-refractivity contribution is 5.63. The van der Waals surface area contributed by atoms with Gasteiger partial charge in [0.15, 0.2) is 0 Å². The van der Waals surface area contributed by atoms with Crippen molar-refractivity contribution in [3.05, 3.63) is 28.3 Å². The zero-order chi connectivity index (χ0) is 12.8. The molecule has 0 spiro atoms. The van der Waals surface area contributed by atoms with Crippen LogP contribution in [0.5, 0.6) is 0 Å². The Morgan fingerprint density at radius 2 is 2.06 bits per heavy atom. The number of rotatable bonds is 6. The van der Waals surface area contributed by atoms with E-state index in [0.29, 0.717) is 17.9 Å². The largest absolute Gasteiger partial charge is 0.394 e. The van der Waals surface area contributed by atoms with Crippen LogP contribution in [-0.2, 0) is 0 Å². The summed E-state index contributed by atoms with van der Waals surface area (Å²) < 4.78 is 0. The minimum atomic E-state index is -0.435. The quantitative estimate of drug-likeness (QED) is 0.520. The lowest BCUT2D eigenvalue weighted by atomic mass is 10.2. The molecule has 0 saturated carbocycles. The van der Waals surface area contributed by atoms with Crippen molar-refractivity contribution in [3.63, 3.8) is 0 Å². The summed E-state index contributed by atoms with van der Waals surface area (Å²) in [6.07, 6.45) is 0. The Bertz CT molecular complexity index is 396. The van der Waals surface area contributed by atoms with Gasteiger partial charge in [0, 0.05) is 36.1 Å². The average molecular weight is 239 g/mol. The van der Waals surface area contributed by atoms with Gasteiger partial charge in [-0.05, 0) is 19.9 Å². The number of nitro groups is 1. The Labute approximate surface area is 99.8 Å². The molecule has 1 aromatic rings. The molecule has 0 radical (unpaired) electrons. The van der Waals surface area contributed by atoms with Crippen LogP contribution < -0.4 is 10.6 Å². The highest BCUT2D eigenvalue weighted by atomic mass is 16.6. The van der Waals surface area contributed by atoms with Gasteiger partial charge in [0.2, 0.25) is 0 Å². The summed E-state index contributed by atoms with van der Waals surface area (Å²) in [5.41, 5.74) is 1.34. The van der Waals surface area contributed by atoms with Crippen LogP contribution in [0.25, 0.3) is 0 Å². The van der Waals surface area contributed by atoms with Gasteiger partial charge in [-0.1, -0.05) is 0 Å². The molecule has 94 valence electrons. The number of aliphatic hydroxyl groups is 1. The third-order valence-corrected chi connectivity index (χ3v) is 2.20. The second kappa shape index (κ2) is 6.05. The van der Waals surface area contributed by atoms with E-state index in [0.717, 1.165) is 0 Å². The number of nitrogens with zero attached hydrogens (tertiary/aromatic N) is 1. The van der Waals surface area contributed by atoms with E-state index in [-0.39, 0.29) is 18.3 Å². The van der Waals surface area contributed by atoms with E-state index in [9.17, 15) is 10.1 Å². The number of non-ortho nitro benzene ring substituents is 1. The predicted octanol–water partition coefficient (Wildman–Crippen LogP) is 1.82. The van der Waals surface area contributed by atoms with Gasteiger partial charge in [-0.15, -0.1) is 0 Å². The SMILES string of the molecule is CCNc1cc(NC(C)CO)cc([N+](=O)[O-])c1. The van der Waals surface area contributed by atoms with Crippen molar-refractivity contribution in [2.75, 3.05) is 23.8 Å². The maximum atomic E-state index is 10.8. The third kappa shape index (κ3) is 3.92. The van der Waals surface area contributed by atoms with Crippen molar-refractivity contribution in [1.82, 2.24) is 0 Å². The van der Waals surface area contributed by atoms with Crippen LogP contribution in [0.15, 0.2) is 18.2 Å². The lowest BCUT2D eigenvalue weighted by Gasteiger charge is -2.13. The van der Waals surface area contributed by atoms with E-state index in [1.807, 2.05) is 6.92 Å². The molecule has 0 heterocycles. The number of hydrogen-bond donors (Lipinski definition) is 3. The van der Waals surface area contributed by atoms with E-state index in [1.165, 1.54) is 12.1 Å². The summed E-state index contributed by atoms with van der Waals surface area (Å²) in [6.45, 7) is 4.38. The van der Waals surface area contributed by atoms with Gasteiger partial charge < -0.3 is 15.7 Å². The molecule has 0 bridgehead atoms. The molecule has 1 atom stereocenters. The lowest BCUT2D eigenvalue weighted by molar-refractivity contribution is -0.384. The Balaban J connectivity index is 2.99. The third-order valence-electron chi connectivity index (χ3n) is 2.20. The second-order valence-electron chi connectivity index (χ2n) is 3.78. The molecule has 1 unspecified atom stereocenters. The van der Waals surface area contributed by atoms with Crippen molar-refractivity contribution < 1.29 is 10.0 Å². The lowest BCUT2D eigenvalue weighted by Crippen LogP contribution is -2.19. The molecule has 0 aromatic heterocycles. The van der Waals surface area contributed by atoms with Crippen molar-refractivity contribution in [1.29, 1.82) is 0 Å². The van der Waals surface area contributed by atoms with Crippen molar-refractivity contribution in [2.45, 2.75) is 19.9 Å². The minimum Gasteiger partial charge on any atom is -0.394 e. The zero-order valence-electron chi connectivity index (χ0n) is 9.93. The summed E-state index contributed by atoms with van der Waals surface area (Å²) >= 11 is 0. The van der Waals surface area contributed by atoms with E-state index < -0.39 is 4.92 Å². The Morgan fingerprint density at radius 3 is 2.59 bits per heavy atom. The van der Waals surface area contributed by atoms with Gasteiger partial charge in [-0.3, -0.25) is 10.1 Å². The fraction of sp³-hybridized carbons (Fsp3) is 0.455. The molecule has 0 amide bonds. The molecule has 0 aliphatic rings. The normalized spacial score (nSPS) is 11.9. The van der Waals surface area contributed by atoms with Gasteiger partial charge in [0.25, 0.3) is 5.69 Å². The molecular formula is C11H17N3O3. The van der Waals surface area contributed by atoms with E-state index in [1.54, 1.807) is 13.0 Å². The van der Waals surface area contributed by atoms with Gasteiger partial charge in [-0.25, -0.2) is 0 Å². The zero-order valence-corrected chi connectivity index (χ0v) is 9.93. The van der Waals surface area contributed by atoms with Gasteiger partial charge in [0.1, 0.15) is 0 Å². The monoisotopic (exact) mass is 239 g/mol. The number of aliphatic hydroxyl groups excluding tert-OH is 1. The molecule has 0 aliphatic carbocycles. The molecule has 1 aromatic carbocycles. The van der Waals surface area contributed by atoms with E-state index in [4.69, 9.17) is 5.11 Å². The van der Waals surface area contributed by atoms with Gasteiger partial charge >= 0.3 is 0 Å². The van der Waals surface area contributed by atoms with E-state index in [2.05, 4.69) is 10.6 Å². The van der Waals surface area contributed by atoms with Crippen molar-refractivity contribution >= 4 is 17.1 Å². The summed E-state index contributed by atoms with van der Waals surface area (Å²) in [4.78, 5) is 10.3. The highest BCUT2D eigenvalue weighted by Gasteiger charge is 2.10. The topological polar surface area (TPSA) is 87.4 Å². The maximum Gasteiger partial charge on any atom is 0.273 e. The second-order valence-corrected chi connectivity index (χ2v) is 3.78. The first-order valence-corrected chi connectivity index (χ1v) is 5.47. The summed E-state index contributed by atoms with van der Waals surface area (Å²) in [6, 6.07) is 4.57. The molecule has 6 heteroatoms. The maximum absolute atomic E-state index is 10.8. The molecule has 6 nitrogen and oxygen atoms in total. The molecular weight excluding hydrogens is 222 g/mol. The van der Waals surface area contributed by atoms with Crippen LogP contribution >= 0.6 is 0 Å². The van der Waals surface area contributed by atoms with Crippen molar-refractivity contribution in [3.8, 4) is 0 Å². The first-order valence-electron chi connectivity index (χ1n) is 5.47. The smallest absolute Gasteiger partial charge is 0.273 e. The molecule has 0 saturated heterocycles. The number of anilines is 2. The first-order chi connectivity index (χ1) is 8.06. The van der Waals surface area contributed by atoms with Crippen LogP contribution in [0, 0.1) is 10.1 Å². The molecule has 0 fully saturated rings. The minimum absolute atomic E-state index is 0.0242. The fourth-order valence-corrected chi connectivity index (χ4v) is 1.44. The van der Waals surface area contributed by atoms with Crippen LogP contribution in [0.2, 0.25) is 0 Å².